The third-order valence-corrected chi connectivity index (χ3v) is 2.31. The van der Waals surface area contributed by atoms with Crippen molar-refractivity contribution in [3.8, 4) is 0 Å². The van der Waals surface area contributed by atoms with Crippen LogP contribution >= 0.6 is 23.2 Å². The van der Waals surface area contributed by atoms with Crippen LogP contribution in [0.2, 0.25) is 0 Å². The van der Waals surface area contributed by atoms with Crippen molar-refractivity contribution in [1.82, 2.24) is 0 Å². The van der Waals surface area contributed by atoms with E-state index in [0.29, 0.717) is 6.42 Å². The van der Waals surface area contributed by atoms with Gasteiger partial charge < -0.3 is 4.74 Å². The molecule has 0 aliphatic rings. The molecule has 2 nitrogen and oxygen atoms in total. The zero-order valence-electron chi connectivity index (χ0n) is 8.86. The van der Waals surface area contributed by atoms with Crippen molar-refractivity contribution in [3.63, 3.8) is 0 Å². The standard InChI is InChI=1S/C12H14Cl2O2/c13-11(14)9-16-12(15)8-4-7-10-5-2-1-3-6-10/h1-3,5-6,11H,4,7-9H2. The molecule has 0 amide bonds. The Balaban J connectivity index is 2.13. The summed E-state index contributed by atoms with van der Waals surface area (Å²) < 4.78 is 4.84. The Morgan fingerprint density at radius 1 is 1.25 bits per heavy atom. The first kappa shape index (κ1) is 13.3. The maximum absolute atomic E-state index is 11.2. The minimum Gasteiger partial charge on any atom is -0.463 e. The van der Waals surface area contributed by atoms with Gasteiger partial charge in [-0.05, 0) is 18.4 Å². The molecule has 0 saturated carbocycles. The van der Waals surface area contributed by atoms with Crippen LogP contribution in [0.3, 0.4) is 0 Å². The maximum Gasteiger partial charge on any atom is 0.305 e. The van der Waals surface area contributed by atoms with Crippen molar-refractivity contribution < 1.29 is 9.53 Å². The van der Waals surface area contributed by atoms with E-state index in [-0.39, 0.29) is 12.6 Å². The first-order chi connectivity index (χ1) is 7.68. The molecule has 0 N–H and O–H groups in total. The number of halogens is 2. The molecular weight excluding hydrogens is 247 g/mol. The SMILES string of the molecule is O=C(CCCc1ccccc1)OCC(Cl)Cl. The Labute approximate surface area is 106 Å². The van der Waals surface area contributed by atoms with Gasteiger partial charge in [-0.1, -0.05) is 30.3 Å². The summed E-state index contributed by atoms with van der Waals surface area (Å²) in [7, 11) is 0. The van der Waals surface area contributed by atoms with E-state index in [1.165, 1.54) is 5.56 Å². The summed E-state index contributed by atoms with van der Waals surface area (Å²) in [5.41, 5.74) is 1.22. The lowest BCUT2D eigenvalue weighted by atomic mass is 10.1. The molecule has 1 aromatic carbocycles. The minimum atomic E-state index is -0.641. The number of aryl methyl sites for hydroxylation is 1. The zero-order valence-corrected chi connectivity index (χ0v) is 10.4. The third-order valence-electron chi connectivity index (χ3n) is 2.06. The van der Waals surface area contributed by atoms with E-state index < -0.39 is 4.84 Å². The first-order valence-corrected chi connectivity index (χ1v) is 6.03. The predicted octanol–water partition coefficient (Wildman–Crippen LogP) is 3.36. The summed E-state index contributed by atoms with van der Waals surface area (Å²) in [6.07, 6.45) is 2.05. The maximum atomic E-state index is 11.2. The number of benzene rings is 1. The van der Waals surface area contributed by atoms with Gasteiger partial charge in [0, 0.05) is 6.42 Å². The summed E-state index contributed by atoms with van der Waals surface area (Å²) in [6.45, 7) is 0.0628. The van der Waals surface area contributed by atoms with E-state index in [0.717, 1.165) is 12.8 Å². The van der Waals surface area contributed by atoms with E-state index in [9.17, 15) is 4.79 Å². The molecule has 0 atom stereocenters. The second kappa shape index (κ2) is 7.53. The Morgan fingerprint density at radius 3 is 2.56 bits per heavy atom. The van der Waals surface area contributed by atoms with Gasteiger partial charge >= 0.3 is 5.97 Å². The van der Waals surface area contributed by atoms with E-state index in [1.54, 1.807) is 0 Å². The second-order valence-corrected chi connectivity index (χ2v) is 4.69. The van der Waals surface area contributed by atoms with E-state index in [2.05, 4.69) is 0 Å². The van der Waals surface area contributed by atoms with Gasteiger partial charge in [0.15, 0.2) is 0 Å². The Bertz CT molecular complexity index is 312. The van der Waals surface area contributed by atoms with Crippen molar-refractivity contribution in [1.29, 1.82) is 0 Å². The van der Waals surface area contributed by atoms with Gasteiger partial charge in [0.1, 0.15) is 11.4 Å². The van der Waals surface area contributed by atoms with Crippen molar-refractivity contribution in [2.24, 2.45) is 0 Å². The number of esters is 1. The van der Waals surface area contributed by atoms with Crippen LogP contribution in [-0.2, 0) is 16.0 Å². The van der Waals surface area contributed by atoms with Crippen LogP contribution in [0.25, 0.3) is 0 Å². The van der Waals surface area contributed by atoms with Crippen LogP contribution in [-0.4, -0.2) is 17.4 Å². The largest absolute Gasteiger partial charge is 0.463 e. The monoisotopic (exact) mass is 260 g/mol. The van der Waals surface area contributed by atoms with Crippen molar-refractivity contribution in [2.75, 3.05) is 6.61 Å². The topological polar surface area (TPSA) is 26.3 Å². The summed E-state index contributed by atoms with van der Waals surface area (Å²) in [6, 6.07) is 10.0. The Kier molecular flexibility index (Phi) is 6.27. The average molecular weight is 261 g/mol. The number of carbonyl (C=O) groups is 1. The fourth-order valence-electron chi connectivity index (χ4n) is 1.31. The summed E-state index contributed by atoms with van der Waals surface area (Å²) >= 11 is 10.9. The minimum absolute atomic E-state index is 0.0628. The molecule has 0 bridgehead atoms. The number of hydrogen-bond acceptors (Lipinski definition) is 2. The highest BCUT2D eigenvalue weighted by molar-refractivity contribution is 6.44. The lowest BCUT2D eigenvalue weighted by Crippen LogP contribution is -2.10. The van der Waals surface area contributed by atoms with Gasteiger partial charge in [-0.25, -0.2) is 0 Å². The van der Waals surface area contributed by atoms with Crippen molar-refractivity contribution >= 4 is 29.2 Å². The lowest BCUT2D eigenvalue weighted by molar-refractivity contribution is -0.143. The quantitative estimate of drug-likeness (QED) is 0.579. The Morgan fingerprint density at radius 2 is 1.94 bits per heavy atom. The predicted molar refractivity (Wildman–Crippen MR) is 65.8 cm³/mol. The number of rotatable bonds is 6. The van der Waals surface area contributed by atoms with Gasteiger partial charge in [-0.3, -0.25) is 4.79 Å². The molecule has 0 aromatic heterocycles. The van der Waals surface area contributed by atoms with Crippen molar-refractivity contribution in [2.45, 2.75) is 24.1 Å². The molecule has 88 valence electrons. The number of ether oxygens (including phenoxy) is 1. The van der Waals surface area contributed by atoms with Crippen LogP contribution < -0.4 is 0 Å². The summed E-state index contributed by atoms with van der Waals surface area (Å²) in [5.74, 6) is -0.248. The lowest BCUT2D eigenvalue weighted by Gasteiger charge is -2.04. The van der Waals surface area contributed by atoms with E-state index in [4.69, 9.17) is 27.9 Å². The van der Waals surface area contributed by atoms with E-state index >= 15 is 0 Å². The average Bonchev–Trinajstić information content (AvgIpc) is 2.28. The summed E-state index contributed by atoms with van der Waals surface area (Å²) in [5, 5.41) is 0. The number of carbonyl (C=O) groups excluding carboxylic acids is 1. The molecule has 0 saturated heterocycles. The van der Waals surface area contributed by atoms with E-state index in [1.807, 2.05) is 30.3 Å². The molecular formula is C12H14Cl2O2. The molecule has 4 heteroatoms. The third kappa shape index (κ3) is 5.99. The van der Waals surface area contributed by atoms with Crippen LogP contribution in [0, 0.1) is 0 Å². The molecule has 1 aromatic rings. The van der Waals surface area contributed by atoms with Gasteiger partial charge in [0.25, 0.3) is 0 Å². The fourth-order valence-corrected chi connectivity index (χ4v) is 1.44. The van der Waals surface area contributed by atoms with Crippen LogP contribution in [0.15, 0.2) is 30.3 Å². The van der Waals surface area contributed by atoms with Gasteiger partial charge in [-0.2, -0.15) is 0 Å². The van der Waals surface area contributed by atoms with Crippen LogP contribution in [0.5, 0.6) is 0 Å². The highest BCUT2D eigenvalue weighted by atomic mass is 35.5. The highest BCUT2D eigenvalue weighted by Gasteiger charge is 2.05. The molecule has 0 aliphatic carbocycles. The molecule has 0 aliphatic heterocycles. The van der Waals surface area contributed by atoms with Crippen LogP contribution in [0.1, 0.15) is 18.4 Å². The molecule has 0 heterocycles. The van der Waals surface area contributed by atoms with Crippen LogP contribution in [0.4, 0.5) is 0 Å². The molecule has 16 heavy (non-hydrogen) atoms. The van der Waals surface area contributed by atoms with Crippen molar-refractivity contribution in [3.05, 3.63) is 35.9 Å². The molecule has 1 rings (SSSR count). The number of alkyl halides is 2. The summed E-state index contributed by atoms with van der Waals surface area (Å²) in [4.78, 5) is 10.6. The van der Waals surface area contributed by atoms with Gasteiger partial charge in [-0.15, -0.1) is 23.2 Å². The first-order valence-electron chi connectivity index (χ1n) is 5.16. The Hall–Kier alpha value is -0.730. The molecule has 0 unspecified atom stereocenters. The normalized spacial score (nSPS) is 10.4. The highest BCUT2D eigenvalue weighted by Crippen LogP contribution is 2.06. The zero-order chi connectivity index (χ0) is 11.8. The smallest absolute Gasteiger partial charge is 0.305 e. The molecule has 0 fully saturated rings. The fraction of sp³-hybridized carbons (Fsp3) is 0.417. The van der Waals surface area contributed by atoms with Gasteiger partial charge in [0.05, 0.1) is 0 Å². The molecule has 0 spiro atoms. The second-order valence-electron chi connectivity index (χ2n) is 3.41. The van der Waals surface area contributed by atoms with Gasteiger partial charge in [0.2, 0.25) is 0 Å². The number of hydrogen-bond donors (Lipinski definition) is 0. The molecule has 0 radical (unpaired) electrons.